The molecule has 0 bridgehead atoms. The fourth-order valence-corrected chi connectivity index (χ4v) is 4.13. The van der Waals surface area contributed by atoms with Gasteiger partial charge in [0, 0.05) is 6.92 Å². The molecule has 1 N–H and O–H groups in total. The van der Waals surface area contributed by atoms with Crippen molar-refractivity contribution in [2.75, 3.05) is 5.75 Å². The molecule has 4 nitrogen and oxygen atoms in total. The van der Waals surface area contributed by atoms with Gasteiger partial charge in [0.05, 0.1) is 11.0 Å². The quantitative estimate of drug-likeness (QED) is 0.856. The molecule has 0 radical (unpaired) electrons. The van der Waals surface area contributed by atoms with Gasteiger partial charge < -0.3 is 9.72 Å². The van der Waals surface area contributed by atoms with Crippen molar-refractivity contribution in [3.05, 3.63) is 30.1 Å². The number of thioether (sulfide) groups is 1. The first-order valence-corrected chi connectivity index (χ1v) is 7.39. The Morgan fingerprint density at radius 3 is 3.05 bits per heavy atom. The summed E-state index contributed by atoms with van der Waals surface area (Å²) in [6.45, 7) is 3.45. The van der Waals surface area contributed by atoms with Crippen LogP contribution < -0.4 is 0 Å². The van der Waals surface area contributed by atoms with Crippen LogP contribution in [0, 0.1) is 0 Å². The normalized spacial score (nSPS) is 26.7. The highest BCUT2D eigenvalue weighted by Gasteiger charge is 2.45. The van der Waals surface area contributed by atoms with Crippen LogP contribution >= 0.6 is 11.8 Å². The van der Waals surface area contributed by atoms with E-state index in [4.69, 9.17) is 4.74 Å². The molecular weight excluding hydrogens is 260 g/mol. The lowest BCUT2D eigenvalue weighted by molar-refractivity contribution is -0.155. The minimum atomic E-state index is -0.468. The molecule has 0 aliphatic carbocycles. The first kappa shape index (κ1) is 12.5. The Balaban J connectivity index is 1.97. The molecule has 2 atom stereocenters. The average Bonchev–Trinajstić information content (AvgIpc) is 2.90. The Hall–Kier alpha value is -1.49. The van der Waals surface area contributed by atoms with Crippen molar-refractivity contribution in [2.45, 2.75) is 31.1 Å². The number of ether oxygens (including phenoxy) is 1. The lowest BCUT2D eigenvalue weighted by Crippen LogP contribution is -2.33. The number of aromatic amines is 1. The second-order valence-corrected chi connectivity index (χ2v) is 6.26. The molecule has 1 saturated heterocycles. The highest BCUT2D eigenvalue weighted by atomic mass is 32.2. The van der Waals surface area contributed by atoms with Gasteiger partial charge in [-0.1, -0.05) is 12.1 Å². The molecule has 1 aromatic carbocycles. The van der Waals surface area contributed by atoms with E-state index in [0.29, 0.717) is 0 Å². The molecule has 0 unspecified atom stereocenters. The summed E-state index contributed by atoms with van der Waals surface area (Å²) in [6, 6.07) is 7.95. The van der Waals surface area contributed by atoms with E-state index < -0.39 is 5.60 Å². The van der Waals surface area contributed by atoms with Gasteiger partial charge in [0.1, 0.15) is 16.7 Å². The molecule has 1 fully saturated rings. The largest absolute Gasteiger partial charge is 0.458 e. The molecular formula is C14H16N2O2S. The number of nitrogens with zero attached hydrogens (tertiary/aromatic N) is 1. The number of hydrogen-bond acceptors (Lipinski definition) is 4. The van der Waals surface area contributed by atoms with E-state index in [9.17, 15) is 4.79 Å². The van der Waals surface area contributed by atoms with Crippen LogP contribution in [0.1, 0.15) is 31.3 Å². The van der Waals surface area contributed by atoms with Crippen molar-refractivity contribution in [3.63, 3.8) is 0 Å². The zero-order valence-corrected chi connectivity index (χ0v) is 11.8. The Labute approximate surface area is 115 Å². The molecule has 2 aromatic rings. The van der Waals surface area contributed by atoms with Crippen LogP contribution in [0.25, 0.3) is 11.0 Å². The number of H-pyrrole nitrogens is 1. The van der Waals surface area contributed by atoms with Gasteiger partial charge in [-0.25, -0.2) is 4.98 Å². The summed E-state index contributed by atoms with van der Waals surface area (Å²) in [6.07, 6.45) is 0.860. The fourth-order valence-electron chi connectivity index (χ4n) is 2.58. The Morgan fingerprint density at radius 2 is 2.32 bits per heavy atom. The van der Waals surface area contributed by atoms with Gasteiger partial charge in [-0.2, -0.15) is 0 Å². The predicted octanol–water partition coefficient (Wildman–Crippen LogP) is 3.06. The smallest absolute Gasteiger partial charge is 0.303 e. The number of imidazole rings is 1. The monoisotopic (exact) mass is 276 g/mol. The molecule has 3 rings (SSSR count). The molecule has 1 aromatic heterocycles. The molecule has 1 aliphatic rings. The zero-order valence-electron chi connectivity index (χ0n) is 11.0. The summed E-state index contributed by atoms with van der Waals surface area (Å²) in [5, 5.41) is 0.0730. The third-order valence-corrected chi connectivity index (χ3v) is 4.97. The number of hydrogen-bond donors (Lipinski definition) is 1. The summed E-state index contributed by atoms with van der Waals surface area (Å²) < 4.78 is 5.54. The second kappa shape index (κ2) is 4.56. The Morgan fingerprint density at radius 1 is 1.53 bits per heavy atom. The van der Waals surface area contributed by atoms with E-state index >= 15 is 0 Å². The molecule has 100 valence electrons. The summed E-state index contributed by atoms with van der Waals surface area (Å²) in [4.78, 5) is 19.3. The van der Waals surface area contributed by atoms with E-state index in [-0.39, 0.29) is 11.2 Å². The number of esters is 1. The van der Waals surface area contributed by atoms with Crippen LogP contribution in [0.2, 0.25) is 0 Å². The van der Waals surface area contributed by atoms with Crippen molar-refractivity contribution in [1.82, 2.24) is 9.97 Å². The van der Waals surface area contributed by atoms with Gasteiger partial charge in [-0.05, 0) is 31.2 Å². The van der Waals surface area contributed by atoms with Gasteiger partial charge in [0.25, 0.3) is 0 Å². The zero-order chi connectivity index (χ0) is 13.5. The number of rotatable bonds is 2. The standard InChI is InChI=1S/C14H16N2O2S/c1-9(17)18-14(2)7-8-19-12(14)13-15-10-5-3-4-6-11(10)16-13/h3-6,12H,7-8H2,1-2H3,(H,15,16)/t12-,14+/m0/s1. The SMILES string of the molecule is CC(=O)O[C@]1(C)CCS[C@H]1c1nc2ccccc2[nH]1. The lowest BCUT2D eigenvalue weighted by atomic mass is 9.98. The summed E-state index contributed by atoms with van der Waals surface area (Å²) in [5.74, 6) is 1.64. The van der Waals surface area contributed by atoms with E-state index in [0.717, 1.165) is 29.0 Å². The molecule has 19 heavy (non-hydrogen) atoms. The fraction of sp³-hybridized carbons (Fsp3) is 0.429. The molecule has 5 heteroatoms. The topological polar surface area (TPSA) is 55.0 Å². The molecule has 0 saturated carbocycles. The number of aromatic nitrogens is 2. The minimum absolute atomic E-state index is 0.0730. The Bertz CT molecular complexity index is 592. The van der Waals surface area contributed by atoms with Crippen LogP contribution in [-0.4, -0.2) is 27.3 Å². The van der Waals surface area contributed by atoms with Gasteiger partial charge >= 0.3 is 5.97 Å². The van der Waals surface area contributed by atoms with Gasteiger partial charge in [0.15, 0.2) is 0 Å². The highest BCUT2D eigenvalue weighted by Crippen LogP contribution is 2.48. The second-order valence-electron chi connectivity index (χ2n) is 5.05. The van der Waals surface area contributed by atoms with E-state index in [1.54, 1.807) is 11.8 Å². The van der Waals surface area contributed by atoms with E-state index in [1.807, 2.05) is 31.2 Å². The third kappa shape index (κ3) is 2.23. The number of fused-ring (bicyclic) bond motifs is 1. The van der Waals surface area contributed by atoms with E-state index in [1.165, 1.54) is 6.92 Å². The minimum Gasteiger partial charge on any atom is -0.458 e. The van der Waals surface area contributed by atoms with Crippen LogP contribution in [0.3, 0.4) is 0 Å². The van der Waals surface area contributed by atoms with Gasteiger partial charge in [-0.3, -0.25) is 4.79 Å². The first-order valence-electron chi connectivity index (χ1n) is 6.34. The van der Waals surface area contributed by atoms with Crippen LogP contribution in [-0.2, 0) is 9.53 Å². The molecule has 1 aliphatic heterocycles. The summed E-state index contributed by atoms with van der Waals surface area (Å²) >= 11 is 1.79. The molecule has 2 heterocycles. The maximum atomic E-state index is 11.3. The van der Waals surface area contributed by atoms with Crippen molar-refractivity contribution in [3.8, 4) is 0 Å². The number of carbonyl (C=O) groups is 1. The van der Waals surface area contributed by atoms with Crippen molar-refractivity contribution >= 4 is 28.8 Å². The predicted molar refractivity (Wildman–Crippen MR) is 76.1 cm³/mol. The van der Waals surface area contributed by atoms with Crippen LogP contribution in [0.4, 0.5) is 0 Å². The third-order valence-electron chi connectivity index (χ3n) is 3.47. The maximum Gasteiger partial charge on any atom is 0.303 e. The first-order chi connectivity index (χ1) is 9.08. The summed E-state index contributed by atoms with van der Waals surface area (Å²) in [5.41, 5.74) is 1.51. The van der Waals surface area contributed by atoms with Crippen LogP contribution in [0.5, 0.6) is 0 Å². The highest BCUT2D eigenvalue weighted by molar-refractivity contribution is 7.99. The van der Waals surface area contributed by atoms with Crippen molar-refractivity contribution < 1.29 is 9.53 Å². The van der Waals surface area contributed by atoms with Crippen LogP contribution in [0.15, 0.2) is 24.3 Å². The number of carbonyl (C=O) groups excluding carboxylic acids is 1. The number of nitrogens with one attached hydrogen (secondary N) is 1. The number of para-hydroxylation sites is 2. The van der Waals surface area contributed by atoms with Crippen molar-refractivity contribution in [2.24, 2.45) is 0 Å². The molecule has 0 spiro atoms. The summed E-state index contributed by atoms with van der Waals surface area (Å²) in [7, 11) is 0. The van der Waals surface area contributed by atoms with Crippen molar-refractivity contribution in [1.29, 1.82) is 0 Å². The van der Waals surface area contributed by atoms with E-state index in [2.05, 4.69) is 9.97 Å². The average molecular weight is 276 g/mol. The van der Waals surface area contributed by atoms with Gasteiger partial charge in [0.2, 0.25) is 0 Å². The van der Waals surface area contributed by atoms with Gasteiger partial charge in [-0.15, -0.1) is 11.8 Å². The molecule has 0 amide bonds. The maximum absolute atomic E-state index is 11.3. The number of benzene rings is 1. The Kier molecular flexibility index (Phi) is 3.01. The lowest BCUT2D eigenvalue weighted by Gasteiger charge is -2.28.